The average molecular weight is 342 g/mol. The third-order valence-corrected chi connectivity index (χ3v) is 3.54. The molecule has 3 aromatic rings. The number of nitrogens with one attached hydrogen (secondary N) is 2. The first kappa shape index (κ1) is 15.5. The van der Waals surface area contributed by atoms with Crippen LogP contribution in [0.3, 0.4) is 0 Å². The molecule has 1 atom stereocenters. The Morgan fingerprint density at radius 2 is 1.87 bits per heavy atom. The van der Waals surface area contributed by atoms with Crippen LogP contribution >= 0.6 is 11.6 Å². The molecule has 0 amide bonds. The maximum absolute atomic E-state index is 12.6. The second-order valence-corrected chi connectivity index (χ2v) is 5.30. The van der Waals surface area contributed by atoms with Crippen molar-refractivity contribution in [2.75, 3.05) is 5.32 Å². The zero-order chi connectivity index (χ0) is 16.6. The van der Waals surface area contributed by atoms with Gasteiger partial charge in [0, 0.05) is 6.04 Å². The van der Waals surface area contributed by atoms with Gasteiger partial charge in [0.05, 0.1) is 17.1 Å². The lowest BCUT2D eigenvalue weighted by Gasteiger charge is -2.16. The summed E-state index contributed by atoms with van der Waals surface area (Å²) in [7, 11) is 0. The van der Waals surface area contributed by atoms with Gasteiger partial charge in [-0.05, 0) is 36.2 Å². The van der Waals surface area contributed by atoms with Crippen molar-refractivity contribution in [1.29, 1.82) is 0 Å². The van der Waals surface area contributed by atoms with Crippen LogP contribution in [0.5, 0.6) is 0 Å². The van der Waals surface area contributed by atoms with Crippen LogP contribution in [0.15, 0.2) is 30.5 Å². The summed E-state index contributed by atoms with van der Waals surface area (Å²) in [5, 5.41) is 10.4. The largest absolute Gasteiger partial charge is 0.416 e. The van der Waals surface area contributed by atoms with Crippen molar-refractivity contribution < 1.29 is 13.2 Å². The summed E-state index contributed by atoms with van der Waals surface area (Å²) in [4.78, 5) is 8.09. The fourth-order valence-electron chi connectivity index (χ4n) is 2.17. The van der Waals surface area contributed by atoms with Crippen LogP contribution in [0.25, 0.3) is 11.0 Å². The third kappa shape index (κ3) is 3.21. The highest BCUT2D eigenvalue weighted by molar-refractivity contribution is 6.28. The van der Waals surface area contributed by atoms with Crippen LogP contribution in [0.1, 0.15) is 24.1 Å². The van der Waals surface area contributed by atoms with Gasteiger partial charge >= 0.3 is 6.18 Å². The van der Waals surface area contributed by atoms with Crippen molar-refractivity contribution in [1.82, 2.24) is 20.2 Å². The molecule has 0 saturated carbocycles. The molecule has 0 radical (unpaired) electrons. The second kappa shape index (κ2) is 5.69. The zero-order valence-corrected chi connectivity index (χ0v) is 12.6. The molecule has 0 aliphatic heterocycles. The van der Waals surface area contributed by atoms with Gasteiger partial charge in [0.25, 0.3) is 0 Å². The van der Waals surface area contributed by atoms with Crippen molar-refractivity contribution in [3.05, 3.63) is 46.9 Å². The summed E-state index contributed by atoms with van der Waals surface area (Å²) in [6.07, 6.45) is -2.80. The van der Waals surface area contributed by atoms with E-state index in [-0.39, 0.29) is 11.3 Å². The lowest BCUT2D eigenvalue weighted by Crippen LogP contribution is -2.10. The number of halogens is 4. The monoisotopic (exact) mass is 341 g/mol. The first-order valence-corrected chi connectivity index (χ1v) is 7.02. The molecule has 23 heavy (non-hydrogen) atoms. The summed E-state index contributed by atoms with van der Waals surface area (Å²) in [6, 6.07) is 4.68. The van der Waals surface area contributed by atoms with Crippen molar-refractivity contribution >= 4 is 28.5 Å². The molecular weight excluding hydrogens is 331 g/mol. The number of fused-ring (bicyclic) bond motifs is 1. The van der Waals surface area contributed by atoms with E-state index in [1.165, 1.54) is 12.1 Å². The molecule has 1 aromatic carbocycles. The number of rotatable bonds is 3. The number of aromatic nitrogens is 4. The van der Waals surface area contributed by atoms with Crippen molar-refractivity contribution in [2.45, 2.75) is 19.1 Å². The number of benzene rings is 1. The Balaban J connectivity index is 1.86. The fourth-order valence-corrected chi connectivity index (χ4v) is 2.34. The summed E-state index contributed by atoms with van der Waals surface area (Å²) in [6.45, 7) is 1.81. The minimum atomic E-state index is -4.35. The lowest BCUT2D eigenvalue weighted by molar-refractivity contribution is -0.137. The van der Waals surface area contributed by atoms with Gasteiger partial charge in [0.2, 0.25) is 5.28 Å². The molecule has 0 aliphatic rings. The van der Waals surface area contributed by atoms with E-state index in [1.54, 1.807) is 6.20 Å². The Hall–Kier alpha value is -2.35. The maximum Gasteiger partial charge on any atom is 0.416 e. The lowest BCUT2D eigenvalue weighted by atomic mass is 10.1. The van der Waals surface area contributed by atoms with Crippen LogP contribution in [-0.4, -0.2) is 20.2 Å². The van der Waals surface area contributed by atoms with E-state index >= 15 is 0 Å². The molecule has 5 nitrogen and oxygen atoms in total. The van der Waals surface area contributed by atoms with Gasteiger partial charge in [0.1, 0.15) is 5.82 Å². The van der Waals surface area contributed by atoms with Crippen LogP contribution in [-0.2, 0) is 6.18 Å². The SMILES string of the molecule is CC(Nc1nc(Cl)nc2[nH]ncc12)c1ccc(C(F)(F)F)cc1. The predicted octanol–water partition coefficient (Wildman–Crippen LogP) is 4.20. The molecule has 0 saturated heterocycles. The zero-order valence-electron chi connectivity index (χ0n) is 11.8. The molecule has 1 unspecified atom stereocenters. The van der Waals surface area contributed by atoms with Gasteiger partial charge in [0.15, 0.2) is 5.65 Å². The van der Waals surface area contributed by atoms with Gasteiger partial charge in [-0.1, -0.05) is 12.1 Å². The van der Waals surface area contributed by atoms with E-state index in [1.807, 2.05) is 6.92 Å². The van der Waals surface area contributed by atoms with Crippen LogP contribution in [0.4, 0.5) is 19.0 Å². The van der Waals surface area contributed by atoms with Crippen LogP contribution in [0.2, 0.25) is 5.28 Å². The standard InChI is InChI=1S/C14H11ClF3N5/c1-7(8-2-4-9(5-3-8)14(16,17)18)20-11-10-6-19-23-12(10)22-13(15)21-11/h2-7H,1H3,(H2,19,20,21,22,23). The van der Waals surface area contributed by atoms with E-state index < -0.39 is 11.7 Å². The van der Waals surface area contributed by atoms with Gasteiger partial charge in [-0.3, -0.25) is 5.10 Å². The molecule has 2 aromatic heterocycles. The Kier molecular flexibility index (Phi) is 3.85. The first-order valence-electron chi connectivity index (χ1n) is 6.65. The molecule has 9 heteroatoms. The molecule has 3 rings (SSSR count). The normalized spacial score (nSPS) is 13.3. The van der Waals surface area contributed by atoms with E-state index in [0.29, 0.717) is 22.4 Å². The molecule has 0 bridgehead atoms. The van der Waals surface area contributed by atoms with E-state index in [0.717, 1.165) is 12.1 Å². The average Bonchev–Trinajstić information content (AvgIpc) is 2.94. The quantitative estimate of drug-likeness (QED) is 0.701. The summed E-state index contributed by atoms with van der Waals surface area (Å²) in [5.74, 6) is 0.459. The number of alkyl halides is 3. The maximum atomic E-state index is 12.6. The van der Waals surface area contributed by atoms with Gasteiger partial charge in [-0.15, -0.1) is 0 Å². The number of H-pyrrole nitrogens is 1. The Labute approximate surface area is 133 Å². The van der Waals surface area contributed by atoms with E-state index in [9.17, 15) is 13.2 Å². The van der Waals surface area contributed by atoms with Gasteiger partial charge < -0.3 is 5.32 Å². The first-order chi connectivity index (χ1) is 10.8. The summed E-state index contributed by atoms with van der Waals surface area (Å²) < 4.78 is 37.8. The molecular formula is C14H11ClF3N5. The molecule has 120 valence electrons. The Morgan fingerprint density at radius 3 is 2.52 bits per heavy atom. The number of aromatic amines is 1. The number of nitrogens with zero attached hydrogens (tertiary/aromatic N) is 3. The number of hydrogen-bond donors (Lipinski definition) is 2. The molecule has 2 heterocycles. The third-order valence-electron chi connectivity index (χ3n) is 3.37. The van der Waals surface area contributed by atoms with Crippen molar-refractivity contribution in [3.63, 3.8) is 0 Å². The molecule has 0 fully saturated rings. The van der Waals surface area contributed by atoms with Crippen molar-refractivity contribution in [3.8, 4) is 0 Å². The highest BCUT2D eigenvalue weighted by Gasteiger charge is 2.30. The highest BCUT2D eigenvalue weighted by atomic mass is 35.5. The molecule has 0 aliphatic carbocycles. The Morgan fingerprint density at radius 1 is 1.17 bits per heavy atom. The summed E-state index contributed by atoms with van der Waals surface area (Å²) >= 11 is 5.85. The minimum absolute atomic E-state index is 0.0452. The molecule has 2 N–H and O–H groups in total. The highest BCUT2D eigenvalue weighted by Crippen LogP contribution is 2.31. The molecule has 0 spiro atoms. The number of hydrogen-bond acceptors (Lipinski definition) is 4. The van der Waals surface area contributed by atoms with E-state index in [4.69, 9.17) is 11.6 Å². The summed E-state index contributed by atoms with van der Waals surface area (Å²) in [5.41, 5.74) is 0.479. The van der Waals surface area contributed by atoms with Crippen LogP contribution < -0.4 is 5.32 Å². The smallest absolute Gasteiger partial charge is 0.363 e. The minimum Gasteiger partial charge on any atom is -0.363 e. The van der Waals surface area contributed by atoms with Crippen molar-refractivity contribution in [2.24, 2.45) is 0 Å². The Bertz CT molecular complexity index is 829. The fraction of sp³-hybridized carbons (Fsp3) is 0.214. The van der Waals surface area contributed by atoms with Crippen LogP contribution in [0, 0.1) is 0 Å². The van der Waals surface area contributed by atoms with E-state index in [2.05, 4.69) is 25.5 Å². The van der Waals surface area contributed by atoms with Gasteiger partial charge in [-0.25, -0.2) is 0 Å². The second-order valence-electron chi connectivity index (χ2n) is 4.96. The van der Waals surface area contributed by atoms with Gasteiger partial charge in [-0.2, -0.15) is 28.2 Å². The number of anilines is 1. The predicted molar refractivity (Wildman–Crippen MR) is 80.2 cm³/mol. The topological polar surface area (TPSA) is 66.5 Å².